The summed E-state index contributed by atoms with van der Waals surface area (Å²) in [5.74, 6) is 1.77. The lowest BCUT2D eigenvalue weighted by Gasteiger charge is -2.32. The third kappa shape index (κ3) is 4.23. The van der Waals surface area contributed by atoms with Crippen molar-refractivity contribution in [3.05, 3.63) is 42.5 Å². The lowest BCUT2D eigenvalue weighted by atomic mass is 9.97. The maximum atomic E-state index is 12.6. The molecule has 1 saturated heterocycles. The van der Waals surface area contributed by atoms with Gasteiger partial charge in [0, 0.05) is 57.9 Å². The van der Waals surface area contributed by atoms with Crippen LogP contribution in [0, 0.1) is 5.92 Å². The van der Waals surface area contributed by atoms with Crippen LogP contribution in [-0.2, 0) is 11.3 Å². The number of anilines is 2. The predicted molar refractivity (Wildman–Crippen MR) is 97.4 cm³/mol. The van der Waals surface area contributed by atoms with Gasteiger partial charge in [-0.1, -0.05) is 6.07 Å². The molecule has 0 spiro atoms. The first-order chi connectivity index (χ1) is 12.1. The third-order valence-corrected chi connectivity index (χ3v) is 4.41. The average molecular weight is 340 g/mol. The molecule has 25 heavy (non-hydrogen) atoms. The Hall–Kier alpha value is -2.70. The van der Waals surface area contributed by atoms with Crippen LogP contribution in [-0.4, -0.2) is 48.0 Å². The largest absolute Gasteiger partial charge is 0.362 e. The standard InChI is InChI=1S/C18H24N6O/c1-23(2)17-14(5-3-7-21-17)11-22-18(25)15-6-4-10-24(13-15)16-12-19-8-9-20-16/h3,5,7-9,12,15H,4,6,10-11,13H2,1-2H3,(H,22,25). The number of nitrogens with zero attached hydrogens (tertiary/aromatic N) is 5. The number of hydrogen-bond donors (Lipinski definition) is 1. The van der Waals surface area contributed by atoms with Gasteiger partial charge in [0.15, 0.2) is 0 Å². The number of carbonyl (C=O) groups excluding carboxylic acids is 1. The molecule has 3 rings (SSSR count). The van der Waals surface area contributed by atoms with E-state index in [1.807, 2.05) is 31.1 Å². The smallest absolute Gasteiger partial charge is 0.225 e. The highest BCUT2D eigenvalue weighted by Gasteiger charge is 2.26. The van der Waals surface area contributed by atoms with E-state index in [4.69, 9.17) is 0 Å². The lowest BCUT2D eigenvalue weighted by molar-refractivity contribution is -0.125. The molecular formula is C18H24N6O. The van der Waals surface area contributed by atoms with Gasteiger partial charge >= 0.3 is 0 Å². The molecule has 1 amide bonds. The van der Waals surface area contributed by atoms with E-state index in [0.717, 1.165) is 36.6 Å². The molecular weight excluding hydrogens is 316 g/mol. The average Bonchev–Trinajstić information content (AvgIpc) is 2.67. The summed E-state index contributed by atoms with van der Waals surface area (Å²) < 4.78 is 0. The number of pyridine rings is 1. The number of rotatable bonds is 5. The maximum absolute atomic E-state index is 12.6. The van der Waals surface area contributed by atoms with Crippen LogP contribution < -0.4 is 15.1 Å². The summed E-state index contributed by atoms with van der Waals surface area (Å²) in [6.45, 7) is 2.08. The Morgan fingerprint density at radius 1 is 1.32 bits per heavy atom. The molecule has 7 heteroatoms. The van der Waals surface area contributed by atoms with Crippen molar-refractivity contribution in [2.45, 2.75) is 19.4 Å². The molecule has 132 valence electrons. The molecule has 1 atom stereocenters. The SMILES string of the molecule is CN(C)c1ncccc1CNC(=O)C1CCCN(c2cnccn2)C1. The Labute approximate surface area is 148 Å². The van der Waals surface area contributed by atoms with Gasteiger partial charge in [-0.05, 0) is 18.9 Å². The van der Waals surface area contributed by atoms with Crippen LogP contribution in [0.2, 0.25) is 0 Å². The van der Waals surface area contributed by atoms with Gasteiger partial charge in [-0.15, -0.1) is 0 Å². The molecule has 0 radical (unpaired) electrons. The molecule has 3 heterocycles. The quantitative estimate of drug-likeness (QED) is 0.888. The van der Waals surface area contributed by atoms with Crippen molar-refractivity contribution >= 4 is 17.5 Å². The van der Waals surface area contributed by atoms with E-state index in [1.54, 1.807) is 24.8 Å². The number of nitrogens with one attached hydrogen (secondary N) is 1. The fraction of sp³-hybridized carbons (Fsp3) is 0.444. The zero-order valence-electron chi connectivity index (χ0n) is 14.7. The van der Waals surface area contributed by atoms with E-state index in [2.05, 4.69) is 25.2 Å². The lowest BCUT2D eigenvalue weighted by Crippen LogP contribution is -2.43. The Balaban J connectivity index is 1.60. The molecule has 2 aromatic rings. The predicted octanol–water partition coefficient (Wildman–Crippen LogP) is 1.47. The van der Waals surface area contributed by atoms with Gasteiger partial charge in [0.25, 0.3) is 0 Å². The van der Waals surface area contributed by atoms with Crippen molar-refractivity contribution in [3.8, 4) is 0 Å². The summed E-state index contributed by atoms with van der Waals surface area (Å²) in [6, 6.07) is 3.89. The highest BCUT2D eigenvalue weighted by molar-refractivity contribution is 5.79. The second-order valence-electron chi connectivity index (χ2n) is 6.45. The van der Waals surface area contributed by atoms with Crippen LogP contribution in [0.1, 0.15) is 18.4 Å². The van der Waals surface area contributed by atoms with E-state index < -0.39 is 0 Å². The number of aromatic nitrogens is 3. The molecule has 1 fully saturated rings. The van der Waals surface area contributed by atoms with Crippen molar-refractivity contribution < 1.29 is 4.79 Å². The van der Waals surface area contributed by atoms with E-state index in [1.165, 1.54) is 0 Å². The number of amides is 1. The molecule has 1 aliphatic heterocycles. The van der Waals surface area contributed by atoms with E-state index in [0.29, 0.717) is 13.1 Å². The fourth-order valence-corrected chi connectivity index (χ4v) is 3.15. The Bertz CT molecular complexity index is 706. The number of hydrogen-bond acceptors (Lipinski definition) is 6. The zero-order valence-corrected chi connectivity index (χ0v) is 14.7. The van der Waals surface area contributed by atoms with Gasteiger partial charge in [0.05, 0.1) is 12.1 Å². The molecule has 1 unspecified atom stereocenters. The molecule has 0 aliphatic carbocycles. The molecule has 1 N–H and O–H groups in total. The minimum atomic E-state index is -0.0322. The van der Waals surface area contributed by atoms with Crippen LogP contribution in [0.25, 0.3) is 0 Å². The number of carbonyl (C=O) groups is 1. The van der Waals surface area contributed by atoms with Crippen LogP contribution in [0.3, 0.4) is 0 Å². The summed E-state index contributed by atoms with van der Waals surface area (Å²) in [6.07, 6.45) is 8.73. The van der Waals surface area contributed by atoms with Gasteiger partial charge in [-0.2, -0.15) is 0 Å². The van der Waals surface area contributed by atoms with Gasteiger partial charge in [0.1, 0.15) is 11.6 Å². The van der Waals surface area contributed by atoms with Crippen molar-refractivity contribution in [2.24, 2.45) is 5.92 Å². The maximum Gasteiger partial charge on any atom is 0.225 e. The van der Waals surface area contributed by atoms with E-state index >= 15 is 0 Å². The monoisotopic (exact) mass is 340 g/mol. The second kappa shape index (κ2) is 7.92. The minimum Gasteiger partial charge on any atom is -0.362 e. The summed E-state index contributed by atoms with van der Waals surface area (Å²) in [5, 5.41) is 3.07. The zero-order chi connectivity index (χ0) is 17.6. The highest BCUT2D eigenvalue weighted by atomic mass is 16.1. The Morgan fingerprint density at radius 3 is 2.96 bits per heavy atom. The van der Waals surface area contributed by atoms with Crippen LogP contribution in [0.15, 0.2) is 36.9 Å². The Kier molecular flexibility index (Phi) is 5.42. The molecule has 0 saturated carbocycles. The number of piperidine rings is 1. The van der Waals surface area contributed by atoms with Crippen LogP contribution >= 0.6 is 0 Å². The normalized spacial score (nSPS) is 17.2. The second-order valence-corrected chi connectivity index (χ2v) is 6.45. The first-order valence-corrected chi connectivity index (χ1v) is 8.55. The third-order valence-electron chi connectivity index (χ3n) is 4.41. The minimum absolute atomic E-state index is 0.0322. The van der Waals surface area contributed by atoms with Gasteiger partial charge in [-0.25, -0.2) is 9.97 Å². The summed E-state index contributed by atoms with van der Waals surface area (Å²) in [5.41, 5.74) is 1.02. The first-order valence-electron chi connectivity index (χ1n) is 8.55. The molecule has 7 nitrogen and oxygen atoms in total. The van der Waals surface area contributed by atoms with Crippen LogP contribution in [0.4, 0.5) is 11.6 Å². The van der Waals surface area contributed by atoms with Gasteiger partial charge in [0.2, 0.25) is 5.91 Å². The Morgan fingerprint density at radius 2 is 2.20 bits per heavy atom. The van der Waals surface area contributed by atoms with Crippen molar-refractivity contribution in [2.75, 3.05) is 37.0 Å². The van der Waals surface area contributed by atoms with Crippen molar-refractivity contribution in [1.82, 2.24) is 20.3 Å². The fourth-order valence-electron chi connectivity index (χ4n) is 3.15. The molecule has 1 aliphatic rings. The van der Waals surface area contributed by atoms with Gasteiger partial charge < -0.3 is 15.1 Å². The van der Waals surface area contributed by atoms with Crippen molar-refractivity contribution in [1.29, 1.82) is 0 Å². The van der Waals surface area contributed by atoms with E-state index in [-0.39, 0.29) is 11.8 Å². The highest BCUT2D eigenvalue weighted by Crippen LogP contribution is 2.21. The molecule has 0 bridgehead atoms. The summed E-state index contributed by atoms with van der Waals surface area (Å²) in [4.78, 5) is 29.5. The molecule has 0 aromatic carbocycles. The first kappa shape index (κ1) is 17.1. The van der Waals surface area contributed by atoms with Crippen molar-refractivity contribution in [3.63, 3.8) is 0 Å². The summed E-state index contributed by atoms with van der Waals surface area (Å²) >= 11 is 0. The van der Waals surface area contributed by atoms with Gasteiger partial charge in [-0.3, -0.25) is 9.78 Å². The summed E-state index contributed by atoms with van der Waals surface area (Å²) in [7, 11) is 3.90. The molecule has 2 aromatic heterocycles. The van der Waals surface area contributed by atoms with Crippen LogP contribution in [0.5, 0.6) is 0 Å². The van der Waals surface area contributed by atoms with E-state index in [9.17, 15) is 4.79 Å². The topological polar surface area (TPSA) is 74.2 Å².